The number of hydrogen-bond donors (Lipinski definition) is 2. The number of rotatable bonds is 3. The number of nitrogens with zero attached hydrogens (tertiary/aromatic N) is 1. The van der Waals surface area contributed by atoms with Gasteiger partial charge in [-0.15, -0.1) is 0 Å². The van der Waals surface area contributed by atoms with Crippen molar-refractivity contribution in [3.63, 3.8) is 0 Å². The average molecular weight is 274 g/mol. The Labute approximate surface area is 117 Å². The van der Waals surface area contributed by atoms with Gasteiger partial charge in [0.25, 0.3) is 0 Å². The topological polar surface area (TPSA) is 69.6 Å². The summed E-state index contributed by atoms with van der Waals surface area (Å²) in [5.41, 5.74) is 1.01. The van der Waals surface area contributed by atoms with Crippen LogP contribution in [0.15, 0.2) is 36.5 Å². The van der Waals surface area contributed by atoms with Crippen molar-refractivity contribution >= 4 is 18.1 Å². The first-order valence-corrected chi connectivity index (χ1v) is 6.66. The fraction of sp³-hybridized carbons (Fsp3) is 0.333. The molecule has 106 valence electrons. The number of likely N-dealkylation sites (tertiary alicyclic amines) is 1. The quantitative estimate of drug-likeness (QED) is 0.887. The van der Waals surface area contributed by atoms with E-state index in [1.54, 1.807) is 11.1 Å². The van der Waals surface area contributed by atoms with E-state index >= 15 is 0 Å². The molecule has 1 aromatic rings. The molecular weight excluding hydrogens is 256 g/mol. The van der Waals surface area contributed by atoms with E-state index < -0.39 is 5.97 Å². The summed E-state index contributed by atoms with van der Waals surface area (Å²) >= 11 is 0. The Kier molecular flexibility index (Phi) is 4.76. The summed E-state index contributed by atoms with van der Waals surface area (Å²) in [6.45, 7) is 0.976. The van der Waals surface area contributed by atoms with E-state index in [-0.39, 0.29) is 11.9 Å². The maximum atomic E-state index is 11.9. The van der Waals surface area contributed by atoms with Crippen LogP contribution in [0.1, 0.15) is 18.4 Å². The third kappa shape index (κ3) is 3.85. The first-order chi connectivity index (χ1) is 9.66. The zero-order valence-electron chi connectivity index (χ0n) is 11.2. The number of carboxylic acid groups (broad SMARTS) is 1. The van der Waals surface area contributed by atoms with Crippen molar-refractivity contribution in [2.75, 3.05) is 13.1 Å². The first kappa shape index (κ1) is 14.1. The molecule has 0 unspecified atom stereocenters. The van der Waals surface area contributed by atoms with Crippen LogP contribution in [-0.4, -0.2) is 35.1 Å². The summed E-state index contributed by atoms with van der Waals surface area (Å²) in [6.07, 6.45) is 4.47. The van der Waals surface area contributed by atoms with Gasteiger partial charge in [-0.1, -0.05) is 30.3 Å². The van der Waals surface area contributed by atoms with Crippen molar-refractivity contribution in [3.8, 4) is 0 Å². The molecule has 1 aliphatic rings. The molecule has 1 aromatic carbocycles. The number of urea groups is 1. The molecule has 1 heterocycles. The van der Waals surface area contributed by atoms with Crippen LogP contribution in [0.4, 0.5) is 4.79 Å². The smallest absolute Gasteiger partial charge is 0.321 e. The van der Waals surface area contributed by atoms with E-state index in [0.717, 1.165) is 5.56 Å². The third-order valence-corrected chi connectivity index (χ3v) is 3.41. The molecule has 0 spiro atoms. The Bertz CT molecular complexity index is 491. The van der Waals surface area contributed by atoms with Gasteiger partial charge in [0.15, 0.2) is 0 Å². The lowest BCUT2D eigenvalue weighted by Crippen LogP contribution is -2.44. The molecule has 2 N–H and O–H groups in total. The van der Waals surface area contributed by atoms with Gasteiger partial charge < -0.3 is 15.3 Å². The van der Waals surface area contributed by atoms with E-state index in [9.17, 15) is 9.59 Å². The Morgan fingerprint density at radius 2 is 1.85 bits per heavy atom. The average Bonchev–Trinajstić information content (AvgIpc) is 2.48. The van der Waals surface area contributed by atoms with Crippen molar-refractivity contribution in [1.82, 2.24) is 10.2 Å². The van der Waals surface area contributed by atoms with Crippen molar-refractivity contribution in [2.45, 2.75) is 12.8 Å². The lowest BCUT2D eigenvalue weighted by atomic mass is 9.97. The van der Waals surface area contributed by atoms with Crippen LogP contribution >= 0.6 is 0 Å². The first-order valence-electron chi connectivity index (χ1n) is 6.66. The standard InChI is InChI=1S/C15H18N2O3/c18-14(19)13-7-10-17(11-8-13)15(20)16-9-6-12-4-2-1-3-5-12/h1-6,9,13H,7-8,10-11H2,(H,16,20)(H,18,19)/b9-6+. The van der Waals surface area contributed by atoms with Gasteiger partial charge in [0, 0.05) is 19.3 Å². The summed E-state index contributed by atoms with van der Waals surface area (Å²) in [5, 5.41) is 11.6. The van der Waals surface area contributed by atoms with Gasteiger partial charge in [0.05, 0.1) is 5.92 Å². The number of carbonyl (C=O) groups excluding carboxylic acids is 1. The molecule has 2 amide bonds. The number of nitrogens with one attached hydrogen (secondary N) is 1. The summed E-state index contributed by atoms with van der Waals surface area (Å²) in [4.78, 5) is 24.4. The van der Waals surface area contributed by atoms with Gasteiger partial charge in [0.1, 0.15) is 0 Å². The molecule has 1 fully saturated rings. The minimum atomic E-state index is -0.769. The maximum absolute atomic E-state index is 11.9. The Hall–Kier alpha value is -2.30. The van der Waals surface area contributed by atoms with Crippen LogP contribution in [0.25, 0.3) is 6.08 Å². The number of carboxylic acids is 1. The zero-order valence-corrected chi connectivity index (χ0v) is 11.2. The van der Waals surface area contributed by atoms with E-state index in [4.69, 9.17) is 5.11 Å². The second-order valence-corrected chi connectivity index (χ2v) is 4.79. The van der Waals surface area contributed by atoms with Crippen LogP contribution in [0.5, 0.6) is 0 Å². The van der Waals surface area contributed by atoms with Gasteiger partial charge in [-0.2, -0.15) is 0 Å². The highest BCUT2D eigenvalue weighted by Gasteiger charge is 2.26. The monoisotopic (exact) mass is 274 g/mol. The van der Waals surface area contributed by atoms with Gasteiger partial charge in [0.2, 0.25) is 0 Å². The number of amides is 2. The van der Waals surface area contributed by atoms with Crippen LogP contribution in [0.3, 0.4) is 0 Å². The van der Waals surface area contributed by atoms with Gasteiger partial charge in [-0.25, -0.2) is 4.79 Å². The number of carbonyl (C=O) groups is 2. The van der Waals surface area contributed by atoms with E-state index in [1.807, 2.05) is 36.4 Å². The second kappa shape index (κ2) is 6.75. The van der Waals surface area contributed by atoms with Crippen LogP contribution < -0.4 is 5.32 Å². The van der Waals surface area contributed by atoms with Gasteiger partial charge >= 0.3 is 12.0 Å². The normalized spacial score (nSPS) is 16.3. The number of piperidine rings is 1. The van der Waals surface area contributed by atoms with Crippen molar-refractivity contribution in [1.29, 1.82) is 0 Å². The largest absolute Gasteiger partial charge is 0.481 e. The molecule has 20 heavy (non-hydrogen) atoms. The molecule has 1 saturated heterocycles. The minimum Gasteiger partial charge on any atom is -0.481 e. The molecule has 0 saturated carbocycles. The van der Waals surface area contributed by atoms with Crippen molar-refractivity contribution < 1.29 is 14.7 Å². The van der Waals surface area contributed by atoms with Crippen molar-refractivity contribution in [3.05, 3.63) is 42.1 Å². The number of hydrogen-bond acceptors (Lipinski definition) is 2. The summed E-state index contributed by atoms with van der Waals surface area (Å²) in [7, 11) is 0. The Morgan fingerprint density at radius 1 is 1.20 bits per heavy atom. The second-order valence-electron chi connectivity index (χ2n) is 4.79. The van der Waals surface area contributed by atoms with Gasteiger partial charge in [-0.05, 0) is 24.5 Å². The summed E-state index contributed by atoms with van der Waals surface area (Å²) < 4.78 is 0. The van der Waals surface area contributed by atoms with E-state index in [0.29, 0.717) is 25.9 Å². The van der Waals surface area contributed by atoms with Crippen LogP contribution in [0, 0.1) is 5.92 Å². The van der Waals surface area contributed by atoms with E-state index in [1.165, 1.54) is 0 Å². The predicted octanol–water partition coefficient (Wildman–Crippen LogP) is 2.16. The third-order valence-electron chi connectivity index (χ3n) is 3.41. The van der Waals surface area contributed by atoms with Crippen LogP contribution in [0.2, 0.25) is 0 Å². The fourth-order valence-corrected chi connectivity index (χ4v) is 2.19. The molecule has 5 nitrogen and oxygen atoms in total. The molecule has 0 atom stereocenters. The SMILES string of the molecule is O=C(O)C1CCN(C(=O)N/C=C/c2ccccc2)CC1. The Morgan fingerprint density at radius 3 is 2.45 bits per heavy atom. The highest BCUT2D eigenvalue weighted by molar-refractivity contribution is 5.77. The predicted molar refractivity (Wildman–Crippen MR) is 75.9 cm³/mol. The lowest BCUT2D eigenvalue weighted by Gasteiger charge is -2.29. The molecule has 0 radical (unpaired) electrons. The zero-order chi connectivity index (χ0) is 14.4. The summed E-state index contributed by atoms with van der Waals surface area (Å²) in [6, 6.07) is 9.50. The van der Waals surface area contributed by atoms with Crippen molar-refractivity contribution in [2.24, 2.45) is 5.92 Å². The number of aliphatic carboxylic acids is 1. The molecule has 5 heteroatoms. The summed E-state index contributed by atoms with van der Waals surface area (Å²) in [5.74, 6) is -1.09. The highest BCUT2D eigenvalue weighted by atomic mass is 16.4. The molecule has 0 bridgehead atoms. The number of benzene rings is 1. The lowest BCUT2D eigenvalue weighted by molar-refractivity contribution is -0.143. The fourth-order valence-electron chi connectivity index (χ4n) is 2.19. The van der Waals surface area contributed by atoms with Crippen LogP contribution in [-0.2, 0) is 4.79 Å². The highest BCUT2D eigenvalue weighted by Crippen LogP contribution is 2.17. The molecule has 0 aliphatic carbocycles. The molecule has 0 aromatic heterocycles. The minimum absolute atomic E-state index is 0.180. The molecular formula is C15H18N2O3. The molecule has 1 aliphatic heterocycles. The molecule has 2 rings (SSSR count). The van der Waals surface area contributed by atoms with E-state index in [2.05, 4.69) is 5.32 Å². The van der Waals surface area contributed by atoms with Gasteiger partial charge in [-0.3, -0.25) is 4.79 Å². The maximum Gasteiger partial charge on any atom is 0.321 e. The Balaban J connectivity index is 1.79.